The fraction of sp³-hybridized carbons (Fsp3) is 0. The minimum atomic E-state index is 0.956. The van der Waals surface area contributed by atoms with Crippen LogP contribution in [0, 0.1) is 0 Å². The Morgan fingerprint density at radius 2 is 0.750 bits per heavy atom. The molecule has 0 aliphatic rings. The monoisotopic (exact) mass is 692 g/mol. The van der Waals surface area contributed by atoms with Crippen molar-refractivity contribution in [1.82, 2.24) is 9.97 Å². The maximum atomic E-state index is 4.52. The quantitative estimate of drug-likeness (QED) is 0.173. The van der Waals surface area contributed by atoms with Gasteiger partial charge in [-0.3, -0.25) is 9.97 Å². The largest absolute Gasteiger partial charge is 0.256 e. The molecule has 0 amide bonds. The van der Waals surface area contributed by atoms with Crippen molar-refractivity contribution in [1.29, 1.82) is 0 Å². The molecule has 0 saturated heterocycles. The predicted octanol–water partition coefficient (Wildman–Crippen LogP) is 12.0. The van der Waals surface area contributed by atoms with Crippen LogP contribution in [0.1, 0.15) is 0 Å². The van der Waals surface area contributed by atoms with Crippen molar-refractivity contribution in [2.24, 2.45) is 0 Å². The fourth-order valence-corrected chi connectivity index (χ4v) is 6.83. The van der Waals surface area contributed by atoms with Crippen molar-refractivity contribution in [2.45, 2.75) is 0 Å². The second kappa shape index (κ2) is 12.5. The first kappa shape index (κ1) is 28.1. The molecule has 0 atom stereocenters. The number of halogens is 2. The highest BCUT2D eigenvalue weighted by molar-refractivity contribution is 9.11. The van der Waals surface area contributed by atoms with Crippen LogP contribution >= 0.6 is 31.9 Å². The van der Waals surface area contributed by atoms with Crippen LogP contribution in [0.2, 0.25) is 0 Å². The highest BCUT2D eigenvalue weighted by Crippen LogP contribution is 2.41. The van der Waals surface area contributed by atoms with Gasteiger partial charge in [-0.05, 0) is 87.0 Å². The van der Waals surface area contributed by atoms with Gasteiger partial charge in [-0.2, -0.15) is 0 Å². The van der Waals surface area contributed by atoms with Crippen molar-refractivity contribution in [3.05, 3.63) is 167 Å². The molecule has 2 heterocycles. The van der Waals surface area contributed by atoms with Gasteiger partial charge in [-0.1, -0.05) is 135 Å². The predicted molar refractivity (Wildman–Crippen MR) is 190 cm³/mol. The van der Waals surface area contributed by atoms with Gasteiger partial charge >= 0.3 is 0 Å². The zero-order chi connectivity index (χ0) is 29.9. The molecule has 0 spiro atoms. The van der Waals surface area contributed by atoms with Gasteiger partial charge in [0.1, 0.15) is 0 Å². The smallest absolute Gasteiger partial charge is 0.0702 e. The Morgan fingerprint density at radius 3 is 1.16 bits per heavy atom. The molecule has 0 fully saturated rings. The fourth-order valence-electron chi connectivity index (χ4n) is 5.65. The van der Waals surface area contributed by atoms with E-state index in [0.29, 0.717) is 0 Å². The SMILES string of the molecule is Brc1cc(-c2ccccn2)ccc1-c1ccccc1-c1cccc(-c2ccccc2-c2ccc(-c3ccccn3)cc2Br)c1. The molecule has 0 radical (unpaired) electrons. The van der Waals surface area contributed by atoms with Gasteiger partial charge in [0.15, 0.2) is 0 Å². The average molecular weight is 694 g/mol. The van der Waals surface area contributed by atoms with E-state index >= 15 is 0 Å². The van der Waals surface area contributed by atoms with Gasteiger partial charge in [0.2, 0.25) is 0 Å². The molecule has 2 aromatic heterocycles. The lowest BCUT2D eigenvalue weighted by molar-refractivity contribution is 1.32. The molecule has 44 heavy (non-hydrogen) atoms. The molecular formula is C40H26Br2N2. The second-order valence-corrected chi connectivity index (χ2v) is 12.2. The van der Waals surface area contributed by atoms with E-state index in [1.54, 1.807) is 0 Å². The molecule has 7 aromatic rings. The Hall–Kier alpha value is -4.64. The Morgan fingerprint density at radius 1 is 0.318 bits per heavy atom. The van der Waals surface area contributed by atoms with Crippen LogP contribution < -0.4 is 0 Å². The van der Waals surface area contributed by atoms with Crippen molar-refractivity contribution < 1.29 is 0 Å². The second-order valence-electron chi connectivity index (χ2n) is 10.5. The molecular weight excluding hydrogens is 668 g/mol. The third kappa shape index (κ3) is 5.67. The first-order valence-corrected chi connectivity index (χ1v) is 16.0. The zero-order valence-corrected chi connectivity index (χ0v) is 26.8. The first-order valence-electron chi connectivity index (χ1n) is 14.4. The summed E-state index contributed by atoms with van der Waals surface area (Å²) < 4.78 is 2.07. The van der Waals surface area contributed by atoms with Crippen molar-refractivity contribution >= 4 is 31.9 Å². The number of benzene rings is 5. The Balaban J connectivity index is 1.27. The number of hydrogen-bond donors (Lipinski definition) is 0. The lowest BCUT2D eigenvalue weighted by Crippen LogP contribution is -1.90. The van der Waals surface area contributed by atoms with Crippen LogP contribution in [-0.4, -0.2) is 9.97 Å². The highest BCUT2D eigenvalue weighted by atomic mass is 79.9. The Bertz CT molecular complexity index is 1940. The normalized spacial score (nSPS) is 11.0. The van der Waals surface area contributed by atoms with E-state index in [1.165, 1.54) is 22.3 Å². The average Bonchev–Trinajstić information content (AvgIpc) is 3.09. The lowest BCUT2D eigenvalue weighted by atomic mass is 9.90. The van der Waals surface area contributed by atoms with Crippen molar-refractivity contribution in [2.75, 3.05) is 0 Å². The van der Waals surface area contributed by atoms with Crippen LogP contribution in [-0.2, 0) is 0 Å². The summed E-state index contributed by atoms with van der Waals surface area (Å²) in [6, 6.07) is 50.9. The maximum Gasteiger partial charge on any atom is 0.0702 e. The number of nitrogens with zero attached hydrogens (tertiary/aromatic N) is 2. The van der Waals surface area contributed by atoms with Crippen LogP contribution in [0.15, 0.2) is 167 Å². The van der Waals surface area contributed by atoms with Crippen LogP contribution in [0.3, 0.4) is 0 Å². The van der Waals surface area contributed by atoms with E-state index in [2.05, 4.69) is 151 Å². The topological polar surface area (TPSA) is 25.8 Å². The molecule has 0 unspecified atom stereocenters. The van der Waals surface area contributed by atoms with Gasteiger partial charge in [0, 0.05) is 32.5 Å². The summed E-state index contributed by atoms with van der Waals surface area (Å²) in [5.41, 5.74) is 13.4. The molecule has 0 saturated carbocycles. The number of pyridine rings is 2. The zero-order valence-electron chi connectivity index (χ0n) is 23.7. The van der Waals surface area contributed by atoms with E-state index in [-0.39, 0.29) is 0 Å². The summed E-state index contributed by atoms with van der Waals surface area (Å²) in [6.07, 6.45) is 3.65. The third-order valence-corrected chi connectivity index (χ3v) is 9.09. The van der Waals surface area contributed by atoms with E-state index in [9.17, 15) is 0 Å². The molecule has 2 nitrogen and oxygen atoms in total. The van der Waals surface area contributed by atoms with E-state index in [0.717, 1.165) is 53.7 Å². The molecule has 210 valence electrons. The minimum Gasteiger partial charge on any atom is -0.256 e. The van der Waals surface area contributed by atoms with Gasteiger partial charge in [-0.15, -0.1) is 0 Å². The Labute approximate surface area is 274 Å². The molecule has 5 aromatic carbocycles. The molecule has 0 bridgehead atoms. The standard InChI is InChI=1S/C40H26Br2N2/c41-37-25-29(39-16-5-7-22-43-39)18-20-35(37)33-14-3-1-12-31(33)27-10-9-11-28(24-27)32-13-2-4-15-34(32)36-21-19-30(26-38(36)42)40-17-6-8-23-44-40/h1-26H. The van der Waals surface area contributed by atoms with Crippen LogP contribution in [0.5, 0.6) is 0 Å². The lowest BCUT2D eigenvalue weighted by Gasteiger charge is -2.16. The molecule has 7 rings (SSSR count). The van der Waals surface area contributed by atoms with Crippen LogP contribution in [0.25, 0.3) is 67.0 Å². The molecule has 4 heteroatoms. The number of hydrogen-bond acceptors (Lipinski definition) is 2. The van der Waals surface area contributed by atoms with E-state index < -0.39 is 0 Å². The minimum absolute atomic E-state index is 0.956. The number of aromatic nitrogens is 2. The molecule has 0 aliphatic heterocycles. The molecule has 0 aliphatic carbocycles. The Kier molecular flexibility index (Phi) is 8.02. The number of rotatable bonds is 6. The summed E-state index contributed by atoms with van der Waals surface area (Å²) in [5, 5.41) is 0. The summed E-state index contributed by atoms with van der Waals surface area (Å²) in [5.74, 6) is 0. The van der Waals surface area contributed by atoms with E-state index in [1.807, 2.05) is 48.8 Å². The van der Waals surface area contributed by atoms with Crippen molar-refractivity contribution in [3.8, 4) is 67.0 Å². The van der Waals surface area contributed by atoms with Gasteiger partial charge in [-0.25, -0.2) is 0 Å². The van der Waals surface area contributed by atoms with Crippen molar-refractivity contribution in [3.63, 3.8) is 0 Å². The summed E-state index contributed by atoms with van der Waals surface area (Å²) in [6.45, 7) is 0. The maximum absolute atomic E-state index is 4.52. The summed E-state index contributed by atoms with van der Waals surface area (Å²) in [4.78, 5) is 9.04. The third-order valence-electron chi connectivity index (χ3n) is 7.78. The van der Waals surface area contributed by atoms with Gasteiger partial charge < -0.3 is 0 Å². The van der Waals surface area contributed by atoms with E-state index in [4.69, 9.17) is 0 Å². The van der Waals surface area contributed by atoms with Crippen LogP contribution in [0.4, 0.5) is 0 Å². The highest BCUT2D eigenvalue weighted by Gasteiger charge is 2.15. The van der Waals surface area contributed by atoms with Gasteiger partial charge in [0.25, 0.3) is 0 Å². The van der Waals surface area contributed by atoms with Gasteiger partial charge in [0.05, 0.1) is 11.4 Å². The molecule has 0 N–H and O–H groups in total. The first-order chi connectivity index (χ1) is 21.7. The summed E-state index contributed by atoms with van der Waals surface area (Å²) >= 11 is 7.73. The summed E-state index contributed by atoms with van der Waals surface area (Å²) in [7, 11) is 0.